The fraction of sp³-hybridized carbons (Fsp3) is 0.222. The van der Waals surface area contributed by atoms with Crippen molar-refractivity contribution < 1.29 is 19.1 Å². The fourth-order valence-electron chi connectivity index (χ4n) is 2.04. The lowest BCUT2D eigenvalue weighted by Crippen LogP contribution is -2.21. The third-order valence-electron chi connectivity index (χ3n) is 3.32. The molecule has 5 heteroatoms. The molecule has 0 heterocycles. The first-order valence-electron chi connectivity index (χ1n) is 7.18. The van der Waals surface area contributed by atoms with Gasteiger partial charge in [-0.3, -0.25) is 4.79 Å². The maximum absolute atomic E-state index is 12.0. The lowest BCUT2D eigenvalue weighted by molar-refractivity contribution is -0.119. The molecule has 0 saturated carbocycles. The molecule has 0 spiro atoms. The third-order valence-corrected chi connectivity index (χ3v) is 3.32. The van der Waals surface area contributed by atoms with Crippen LogP contribution in [-0.2, 0) is 9.53 Å². The predicted molar refractivity (Wildman–Crippen MR) is 87.8 cm³/mol. The van der Waals surface area contributed by atoms with E-state index in [-0.39, 0.29) is 6.61 Å². The highest BCUT2D eigenvalue weighted by atomic mass is 16.5. The second-order valence-electron chi connectivity index (χ2n) is 5.17. The van der Waals surface area contributed by atoms with Crippen LogP contribution in [0.1, 0.15) is 21.5 Å². The Morgan fingerprint density at radius 3 is 2.39 bits per heavy atom. The number of methoxy groups -OCH3 is 1. The van der Waals surface area contributed by atoms with E-state index in [0.717, 1.165) is 11.1 Å². The van der Waals surface area contributed by atoms with Crippen LogP contribution in [0.5, 0.6) is 5.75 Å². The third kappa shape index (κ3) is 4.57. The van der Waals surface area contributed by atoms with Crippen LogP contribution in [0.15, 0.2) is 42.5 Å². The highest BCUT2D eigenvalue weighted by molar-refractivity contribution is 5.96. The molecular formula is C18H19NO4. The van der Waals surface area contributed by atoms with Crippen molar-refractivity contribution in [3.63, 3.8) is 0 Å². The molecule has 0 aliphatic carbocycles. The molecule has 0 fully saturated rings. The molecule has 2 rings (SSSR count). The van der Waals surface area contributed by atoms with Gasteiger partial charge < -0.3 is 14.8 Å². The minimum Gasteiger partial charge on any atom is -0.497 e. The van der Waals surface area contributed by atoms with Crippen LogP contribution >= 0.6 is 0 Å². The molecule has 0 aliphatic heterocycles. The number of aryl methyl sites for hydroxylation is 2. The summed E-state index contributed by atoms with van der Waals surface area (Å²) in [5, 5.41) is 2.65. The molecule has 0 aromatic heterocycles. The molecule has 2 aromatic rings. The molecule has 2 aromatic carbocycles. The number of hydrogen-bond donors (Lipinski definition) is 1. The van der Waals surface area contributed by atoms with Crippen LogP contribution in [0.2, 0.25) is 0 Å². The van der Waals surface area contributed by atoms with Crippen molar-refractivity contribution in [3.05, 3.63) is 59.2 Å². The number of amides is 1. The Hall–Kier alpha value is -2.82. The van der Waals surface area contributed by atoms with E-state index in [1.807, 2.05) is 26.0 Å². The van der Waals surface area contributed by atoms with Crippen molar-refractivity contribution in [1.82, 2.24) is 0 Å². The Bertz CT molecular complexity index is 707. The summed E-state index contributed by atoms with van der Waals surface area (Å²) in [6.45, 7) is 3.39. The van der Waals surface area contributed by atoms with Gasteiger partial charge in [0.15, 0.2) is 6.61 Å². The van der Waals surface area contributed by atoms with E-state index in [1.165, 1.54) is 0 Å². The number of benzene rings is 2. The van der Waals surface area contributed by atoms with Gasteiger partial charge >= 0.3 is 5.97 Å². The molecule has 0 bridgehead atoms. The van der Waals surface area contributed by atoms with Crippen molar-refractivity contribution in [2.75, 3.05) is 19.0 Å². The van der Waals surface area contributed by atoms with Crippen molar-refractivity contribution in [2.24, 2.45) is 0 Å². The van der Waals surface area contributed by atoms with E-state index >= 15 is 0 Å². The van der Waals surface area contributed by atoms with Gasteiger partial charge in [0.25, 0.3) is 5.91 Å². The molecule has 1 amide bonds. The lowest BCUT2D eigenvalue weighted by Gasteiger charge is -2.09. The zero-order valence-electron chi connectivity index (χ0n) is 13.4. The van der Waals surface area contributed by atoms with Gasteiger partial charge in [-0.25, -0.2) is 4.79 Å². The van der Waals surface area contributed by atoms with E-state index in [9.17, 15) is 9.59 Å². The highest BCUT2D eigenvalue weighted by Gasteiger charge is 2.13. The van der Waals surface area contributed by atoms with Gasteiger partial charge in [-0.15, -0.1) is 0 Å². The van der Waals surface area contributed by atoms with E-state index in [0.29, 0.717) is 17.0 Å². The van der Waals surface area contributed by atoms with Gasteiger partial charge in [0.2, 0.25) is 0 Å². The van der Waals surface area contributed by atoms with Gasteiger partial charge in [0.05, 0.1) is 12.7 Å². The monoisotopic (exact) mass is 313 g/mol. The molecule has 23 heavy (non-hydrogen) atoms. The number of esters is 1. The average Bonchev–Trinajstić information content (AvgIpc) is 2.55. The number of hydrogen-bond acceptors (Lipinski definition) is 4. The minimum atomic E-state index is -0.504. The van der Waals surface area contributed by atoms with Crippen LogP contribution in [0.25, 0.3) is 0 Å². The molecule has 0 atom stereocenters. The van der Waals surface area contributed by atoms with Crippen LogP contribution < -0.4 is 10.1 Å². The lowest BCUT2D eigenvalue weighted by atomic mass is 10.1. The topological polar surface area (TPSA) is 64.6 Å². The summed E-state index contributed by atoms with van der Waals surface area (Å²) in [6, 6.07) is 12.4. The highest BCUT2D eigenvalue weighted by Crippen LogP contribution is 2.15. The predicted octanol–water partition coefficient (Wildman–Crippen LogP) is 3.11. The van der Waals surface area contributed by atoms with E-state index in [2.05, 4.69) is 5.32 Å². The summed E-state index contributed by atoms with van der Waals surface area (Å²) in [6.07, 6.45) is 0. The Morgan fingerprint density at radius 2 is 1.74 bits per heavy atom. The Kier molecular flexibility index (Phi) is 5.36. The second kappa shape index (κ2) is 7.45. The Morgan fingerprint density at radius 1 is 1.04 bits per heavy atom. The number of carbonyl (C=O) groups is 2. The van der Waals surface area contributed by atoms with E-state index in [1.54, 1.807) is 37.4 Å². The summed E-state index contributed by atoms with van der Waals surface area (Å²) >= 11 is 0. The van der Waals surface area contributed by atoms with Crippen molar-refractivity contribution in [3.8, 4) is 5.75 Å². The number of rotatable bonds is 5. The van der Waals surface area contributed by atoms with Gasteiger partial charge in [0.1, 0.15) is 5.75 Å². The molecule has 0 saturated heterocycles. The summed E-state index contributed by atoms with van der Waals surface area (Å²) in [7, 11) is 1.57. The average molecular weight is 313 g/mol. The maximum Gasteiger partial charge on any atom is 0.338 e. The summed E-state index contributed by atoms with van der Waals surface area (Å²) in [5.41, 5.74) is 2.86. The summed E-state index contributed by atoms with van der Waals surface area (Å²) < 4.78 is 10.1. The van der Waals surface area contributed by atoms with Crippen LogP contribution in [0.4, 0.5) is 5.69 Å². The van der Waals surface area contributed by atoms with Crippen molar-refractivity contribution >= 4 is 17.6 Å². The first kappa shape index (κ1) is 16.5. The molecule has 0 radical (unpaired) electrons. The maximum atomic E-state index is 12.0. The molecule has 120 valence electrons. The number of anilines is 1. The summed E-state index contributed by atoms with van der Waals surface area (Å²) in [4.78, 5) is 23.9. The zero-order valence-corrected chi connectivity index (χ0v) is 13.4. The molecule has 0 aliphatic rings. The SMILES string of the molecule is COc1ccc(NC(=O)COC(=O)c2cc(C)ccc2C)cc1. The minimum absolute atomic E-state index is 0.335. The molecule has 0 unspecified atom stereocenters. The van der Waals surface area contributed by atoms with Gasteiger partial charge in [-0.2, -0.15) is 0 Å². The van der Waals surface area contributed by atoms with E-state index in [4.69, 9.17) is 9.47 Å². The van der Waals surface area contributed by atoms with Gasteiger partial charge in [-0.1, -0.05) is 17.7 Å². The zero-order chi connectivity index (χ0) is 16.8. The Balaban J connectivity index is 1.90. The summed E-state index contributed by atoms with van der Waals surface area (Å²) in [5.74, 6) is -0.200. The van der Waals surface area contributed by atoms with Crippen LogP contribution in [0, 0.1) is 13.8 Å². The van der Waals surface area contributed by atoms with Crippen molar-refractivity contribution in [2.45, 2.75) is 13.8 Å². The van der Waals surface area contributed by atoms with Gasteiger partial charge in [0, 0.05) is 5.69 Å². The number of ether oxygens (including phenoxy) is 2. The number of nitrogens with one attached hydrogen (secondary N) is 1. The van der Waals surface area contributed by atoms with E-state index < -0.39 is 11.9 Å². The van der Waals surface area contributed by atoms with Crippen LogP contribution in [-0.4, -0.2) is 25.6 Å². The van der Waals surface area contributed by atoms with Crippen LogP contribution in [0.3, 0.4) is 0 Å². The van der Waals surface area contributed by atoms with Gasteiger partial charge in [-0.05, 0) is 49.7 Å². The molecular weight excluding hydrogens is 294 g/mol. The standard InChI is InChI=1S/C18H19NO4/c1-12-4-5-13(2)16(10-12)18(21)23-11-17(20)19-14-6-8-15(22-3)9-7-14/h4-10H,11H2,1-3H3,(H,19,20). The Labute approximate surface area is 135 Å². The number of carbonyl (C=O) groups excluding carboxylic acids is 2. The smallest absolute Gasteiger partial charge is 0.338 e. The molecule has 5 nitrogen and oxygen atoms in total. The largest absolute Gasteiger partial charge is 0.497 e. The first-order valence-corrected chi connectivity index (χ1v) is 7.18. The molecule has 1 N–H and O–H groups in total. The van der Waals surface area contributed by atoms with Crippen molar-refractivity contribution in [1.29, 1.82) is 0 Å². The first-order chi connectivity index (χ1) is 11.0. The second-order valence-corrected chi connectivity index (χ2v) is 5.17. The fourth-order valence-corrected chi connectivity index (χ4v) is 2.04. The normalized spacial score (nSPS) is 10.0. The quantitative estimate of drug-likeness (QED) is 0.861.